The molecule has 0 amide bonds. The average Bonchev–Trinajstić information content (AvgIpc) is 3.04. The second-order valence-corrected chi connectivity index (χ2v) is 5.58. The monoisotopic (exact) mass is 276 g/mol. The first-order chi connectivity index (χ1) is 9.28. The number of aryl methyl sites for hydroxylation is 2. The van der Waals surface area contributed by atoms with Gasteiger partial charge in [0.1, 0.15) is 0 Å². The van der Waals surface area contributed by atoms with Crippen LogP contribution in [0.1, 0.15) is 36.0 Å². The van der Waals surface area contributed by atoms with Crippen LogP contribution in [0.4, 0.5) is 0 Å². The first-order valence-electron chi connectivity index (χ1n) is 6.54. The minimum Gasteiger partial charge on any atom is -0.348 e. The van der Waals surface area contributed by atoms with E-state index >= 15 is 0 Å². The summed E-state index contributed by atoms with van der Waals surface area (Å²) in [7, 11) is 0. The van der Waals surface area contributed by atoms with Gasteiger partial charge in [0.15, 0.2) is 5.16 Å². The van der Waals surface area contributed by atoms with E-state index in [0.717, 1.165) is 54.1 Å². The van der Waals surface area contributed by atoms with Crippen molar-refractivity contribution in [3.8, 4) is 0 Å². The van der Waals surface area contributed by atoms with E-state index in [0.29, 0.717) is 5.16 Å². The van der Waals surface area contributed by atoms with Gasteiger partial charge in [0.2, 0.25) is 0 Å². The van der Waals surface area contributed by atoms with Crippen molar-refractivity contribution >= 4 is 11.8 Å². The molecule has 1 aliphatic rings. The Morgan fingerprint density at radius 2 is 2.32 bits per heavy atom. The molecule has 6 heteroatoms. The molecule has 0 saturated heterocycles. The van der Waals surface area contributed by atoms with E-state index in [-0.39, 0.29) is 5.56 Å². The number of thioether (sulfide) groups is 1. The Bertz CT molecular complexity index is 646. The van der Waals surface area contributed by atoms with Gasteiger partial charge in [0.05, 0.1) is 17.7 Å². The number of imidazole rings is 1. The molecule has 0 spiro atoms. The van der Waals surface area contributed by atoms with Gasteiger partial charge in [0, 0.05) is 17.0 Å². The molecule has 2 heterocycles. The second kappa shape index (κ2) is 5.21. The predicted octanol–water partition coefficient (Wildman–Crippen LogP) is 1.84. The maximum absolute atomic E-state index is 11.9. The lowest BCUT2D eigenvalue weighted by Gasteiger charge is -2.03. The summed E-state index contributed by atoms with van der Waals surface area (Å²) in [5, 5.41) is 0.710. The lowest BCUT2D eigenvalue weighted by Crippen LogP contribution is -2.14. The van der Waals surface area contributed by atoms with Crippen LogP contribution < -0.4 is 5.56 Å². The van der Waals surface area contributed by atoms with Crippen LogP contribution in [0.2, 0.25) is 0 Å². The molecule has 0 aliphatic heterocycles. The van der Waals surface area contributed by atoms with Gasteiger partial charge in [-0.1, -0.05) is 18.7 Å². The molecule has 2 aromatic heterocycles. The molecule has 0 saturated carbocycles. The largest absolute Gasteiger partial charge is 0.348 e. The van der Waals surface area contributed by atoms with Gasteiger partial charge in [-0.15, -0.1) is 0 Å². The zero-order valence-corrected chi connectivity index (χ0v) is 11.6. The third kappa shape index (κ3) is 2.45. The lowest BCUT2D eigenvalue weighted by atomic mass is 10.3. The molecular formula is C13H16N4OS. The van der Waals surface area contributed by atoms with Gasteiger partial charge in [0.25, 0.3) is 5.56 Å². The summed E-state index contributed by atoms with van der Waals surface area (Å²) >= 11 is 1.55. The molecule has 0 fully saturated rings. The highest BCUT2D eigenvalue weighted by atomic mass is 32.2. The minimum atomic E-state index is 0.0327. The van der Waals surface area contributed by atoms with Crippen molar-refractivity contribution in [1.82, 2.24) is 19.9 Å². The predicted molar refractivity (Wildman–Crippen MR) is 74.4 cm³/mol. The van der Waals surface area contributed by atoms with Gasteiger partial charge >= 0.3 is 0 Å². The van der Waals surface area contributed by atoms with Crippen LogP contribution >= 0.6 is 11.8 Å². The van der Waals surface area contributed by atoms with Crippen LogP contribution in [0, 0.1) is 0 Å². The molecular weight excluding hydrogens is 260 g/mol. The number of fused-ring (bicyclic) bond motifs is 1. The Kier molecular flexibility index (Phi) is 3.42. The summed E-state index contributed by atoms with van der Waals surface area (Å²) in [6, 6.07) is 0. The van der Waals surface area contributed by atoms with E-state index in [1.807, 2.05) is 0 Å². The van der Waals surface area contributed by atoms with E-state index in [1.54, 1.807) is 18.1 Å². The van der Waals surface area contributed by atoms with Crippen LogP contribution in [0.25, 0.3) is 0 Å². The summed E-state index contributed by atoms with van der Waals surface area (Å²) in [6.45, 7) is 2.08. The zero-order chi connectivity index (χ0) is 13.2. The number of hydrogen-bond acceptors (Lipinski definition) is 4. The minimum absolute atomic E-state index is 0.0327. The number of aromatic amines is 2. The Morgan fingerprint density at radius 3 is 3.16 bits per heavy atom. The van der Waals surface area contributed by atoms with Crippen molar-refractivity contribution in [3.63, 3.8) is 0 Å². The zero-order valence-electron chi connectivity index (χ0n) is 10.8. The number of aromatic nitrogens is 4. The van der Waals surface area contributed by atoms with Crippen molar-refractivity contribution in [2.45, 2.75) is 43.5 Å². The molecule has 19 heavy (non-hydrogen) atoms. The number of nitrogens with one attached hydrogen (secondary N) is 2. The van der Waals surface area contributed by atoms with E-state index < -0.39 is 0 Å². The molecule has 0 radical (unpaired) electrons. The maximum Gasteiger partial charge on any atom is 0.254 e. The van der Waals surface area contributed by atoms with Crippen molar-refractivity contribution in [2.75, 3.05) is 0 Å². The summed E-state index contributed by atoms with van der Waals surface area (Å²) < 4.78 is 0. The fraction of sp³-hybridized carbons (Fsp3) is 0.462. The topological polar surface area (TPSA) is 74.4 Å². The van der Waals surface area contributed by atoms with Gasteiger partial charge in [-0.05, 0) is 25.7 Å². The smallest absolute Gasteiger partial charge is 0.254 e. The third-order valence-corrected chi connectivity index (χ3v) is 4.32. The van der Waals surface area contributed by atoms with Crippen molar-refractivity contribution < 1.29 is 0 Å². The Balaban J connectivity index is 1.78. The standard InChI is InChI=1S/C13H16N4OS/c1-2-9-11(15-7-14-9)6-19-13-16-10-5-3-4-8(10)12(18)17-13/h7H,2-6H2,1H3,(H,14,15)(H,16,17,18). The third-order valence-electron chi connectivity index (χ3n) is 3.42. The van der Waals surface area contributed by atoms with E-state index in [2.05, 4.69) is 26.9 Å². The molecule has 5 nitrogen and oxygen atoms in total. The van der Waals surface area contributed by atoms with Gasteiger partial charge in [-0.2, -0.15) is 0 Å². The molecule has 0 bridgehead atoms. The van der Waals surface area contributed by atoms with Crippen LogP contribution in [-0.4, -0.2) is 19.9 Å². The number of hydrogen-bond donors (Lipinski definition) is 2. The molecule has 3 rings (SSSR count). The molecule has 2 aromatic rings. The highest BCUT2D eigenvalue weighted by Crippen LogP contribution is 2.22. The Labute approximate surface area is 115 Å². The van der Waals surface area contributed by atoms with Crippen molar-refractivity contribution in [3.05, 3.63) is 39.3 Å². The average molecular weight is 276 g/mol. The maximum atomic E-state index is 11.9. The molecule has 100 valence electrons. The van der Waals surface area contributed by atoms with E-state index in [4.69, 9.17) is 0 Å². The first-order valence-corrected chi connectivity index (χ1v) is 7.52. The fourth-order valence-electron chi connectivity index (χ4n) is 2.41. The van der Waals surface area contributed by atoms with Crippen molar-refractivity contribution in [1.29, 1.82) is 0 Å². The van der Waals surface area contributed by atoms with E-state index in [1.165, 1.54) is 0 Å². The summed E-state index contributed by atoms with van der Waals surface area (Å²) in [4.78, 5) is 26.7. The summed E-state index contributed by atoms with van der Waals surface area (Å²) in [6.07, 6.45) is 5.46. The van der Waals surface area contributed by atoms with E-state index in [9.17, 15) is 4.79 Å². The highest BCUT2D eigenvalue weighted by molar-refractivity contribution is 7.98. The second-order valence-electron chi connectivity index (χ2n) is 4.62. The molecule has 2 N–H and O–H groups in total. The lowest BCUT2D eigenvalue weighted by molar-refractivity contribution is 0.869. The van der Waals surface area contributed by atoms with Crippen LogP contribution in [0.15, 0.2) is 16.3 Å². The number of rotatable bonds is 4. The summed E-state index contributed by atoms with van der Waals surface area (Å²) in [5.74, 6) is 0.755. The number of H-pyrrole nitrogens is 2. The van der Waals surface area contributed by atoms with Gasteiger partial charge in [-0.3, -0.25) is 4.79 Å². The van der Waals surface area contributed by atoms with Gasteiger partial charge in [-0.25, -0.2) is 9.97 Å². The SMILES string of the molecule is CCc1nc[nH]c1CSc1nc2c(c(=O)[nH]1)CCC2. The Morgan fingerprint density at radius 1 is 1.42 bits per heavy atom. The number of nitrogens with zero attached hydrogens (tertiary/aromatic N) is 2. The van der Waals surface area contributed by atoms with Crippen LogP contribution in [0.3, 0.4) is 0 Å². The first kappa shape index (κ1) is 12.5. The van der Waals surface area contributed by atoms with Crippen LogP contribution in [0.5, 0.6) is 0 Å². The van der Waals surface area contributed by atoms with Gasteiger partial charge < -0.3 is 9.97 Å². The van der Waals surface area contributed by atoms with Crippen molar-refractivity contribution in [2.24, 2.45) is 0 Å². The Hall–Kier alpha value is -1.56. The highest BCUT2D eigenvalue weighted by Gasteiger charge is 2.17. The normalized spacial score (nSPS) is 13.7. The molecule has 0 atom stereocenters. The molecule has 1 aliphatic carbocycles. The van der Waals surface area contributed by atoms with Crippen LogP contribution in [-0.2, 0) is 25.0 Å². The molecule has 0 aromatic carbocycles. The molecule has 0 unspecified atom stereocenters. The summed E-state index contributed by atoms with van der Waals surface area (Å²) in [5.41, 5.74) is 4.07. The fourth-order valence-corrected chi connectivity index (χ4v) is 3.28. The quantitative estimate of drug-likeness (QED) is 0.660.